The van der Waals surface area contributed by atoms with Crippen LogP contribution in [0.25, 0.3) is 0 Å². The topological polar surface area (TPSA) is 61.7 Å². The van der Waals surface area contributed by atoms with Crippen molar-refractivity contribution < 1.29 is 9.90 Å². The number of aryl methyl sites for hydroxylation is 1. The van der Waals surface area contributed by atoms with E-state index in [2.05, 4.69) is 10.5 Å². The normalized spacial score (nSPS) is 10.7. The lowest BCUT2D eigenvalue weighted by molar-refractivity contribution is -0.120. The number of nitrogens with one attached hydrogen (secondary N) is 1. The number of hydrogen-bond acceptors (Lipinski definition) is 3. The first kappa shape index (κ1) is 13.8. The van der Waals surface area contributed by atoms with Crippen molar-refractivity contribution in [3.63, 3.8) is 0 Å². The van der Waals surface area contributed by atoms with Crippen LogP contribution < -0.4 is 5.43 Å². The van der Waals surface area contributed by atoms with Gasteiger partial charge in [-0.15, -0.1) is 0 Å². The highest BCUT2D eigenvalue weighted by molar-refractivity contribution is 5.85. The van der Waals surface area contributed by atoms with E-state index in [9.17, 15) is 9.90 Å². The predicted octanol–water partition coefficient (Wildman–Crippen LogP) is 2.39. The van der Waals surface area contributed by atoms with Crippen molar-refractivity contribution in [3.05, 3.63) is 65.2 Å². The summed E-state index contributed by atoms with van der Waals surface area (Å²) in [6.07, 6.45) is 1.70. The van der Waals surface area contributed by atoms with E-state index >= 15 is 0 Å². The molecule has 4 heteroatoms. The van der Waals surface area contributed by atoms with Gasteiger partial charge in [-0.1, -0.05) is 36.4 Å². The second-order valence-electron chi connectivity index (χ2n) is 4.52. The van der Waals surface area contributed by atoms with Crippen LogP contribution in [0.3, 0.4) is 0 Å². The number of amides is 1. The molecule has 2 aromatic rings. The molecular formula is C16H16N2O2. The van der Waals surface area contributed by atoms with Crippen LogP contribution in [0.4, 0.5) is 0 Å². The summed E-state index contributed by atoms with van der Waals surface area (Å²) in [6, 6.07) is 14.7. The summed E-state index contributed by atoms with van der Waals surface area (Å²) in [5.74, 6) is -0.0508. The van der Waals surface area contributed by atoms with Crippen LogP contribution in [0, 0.1) is 6.92 Å². The maximum atomic E-state index is 11.7. The van der Waals surface area contributed by atoms with Gasteiger partial charge >= 0.3 is 0 Å². The van der Waals surface area contributed by atoms with Crippen molar-refractivity contribution >= 4 is 12.1 Å². The number of aromatic hydroxyl groups is 1. The Labute approximate surface area is 117 Å². The molecule has 20 heavy (non-hydrogen) atoms. The summed E-state index contributed by atoms with van der Waals surface area (Å²) >= 11 is 0. The SMILES string of the molecule is Cc1ccc(C=NNC(=O)Cc2ccccc2)c(O)c1. The maximum absolute atomic E-state index is 11.7. The molecule has 0 saturated carbocycles. The molecule has 102 valence electrons. The number of hydrogen-bond donors (Lipinski definition) is 2. The van der Waals surface area contributed by atoms with Gasteiger partial charge in [0.2, 0.25) is 5.91 Å². The zero-order valence-corrected chi connectivity index (χ0v) is 11.2. The third kappa shape index (κ3) is 3.95. The van der Waals surface area contributed by atoms with Gasteiger partial charge in [0.05, 0.1) is 12.6 Å². The van der Waals surface area contributed by atoms with Gasteiger partial charge in [0.1, 0.15) is 5.75 Å². The quantitative estimate of drug-likeness (QED) is 0.660. The summed E-state index contributed by atoms with van der Waals surface area (Å²) in [6.45, 7) is 1.89. The third-order valence-corrected chi connectivity index (χ3v) is 2.79. The Bertz CT molecular complexity index is 622. The van der Waals surface area contributed by atoms with E-state index in [0.717, 1.165) is 11.1 Å². The lowest BCUT2D eigenvalue weighted by Crippen LogP contribution is -2.19. The van der Waals surface area contributed by atoms with Gasteiger partial charge in [-0.3, -0.25) is 4.79 Å². The fourth-order valence-electron chi connectivity index (χ4n) is 1.76. The summed E-state index contributed by atoms with van der Waals surface area (Å²) < 4.78 is 0. The van der Waals surface area contributed by atoms with Crippen molar-refractivity contribution in [3.8, 4) is 5.75 Å². The molecule has 0 heterocycles. The smallest absolute Gasteiger partial charge is 0.244 e. The Kier molecular flexibility index (Phi) is 4.50. The molecule has 0 aliphatic carbocycles. The Morgan fingerprint density at radius 1 is 1.25 bits per heavy atom. The number of hydrazone groups is 1. The molecule has 0 aliphatic heterocycles. The lowest BCUT2D eigenvalue weighted by Gasteiger charge is -2.01. The van der Waals surface area contributed by atoms with Crippen LogP contribution in [-0.2, 0) is 11.2 Å². The maximum Gasteiger partial charge on any atom is 0.244 e. The van der Waals surface area contributed by atoms with Gasteiger partial charge in [-0.2, -0.15) is 5.10 Å². The highest BCUT2D eigenvalue weighted by Crippen LogP contribution is 2.15. The van der Waals surface area contributed by atoms with E-state index in [1.54, 1.807) is 12.1 Å². The predicted molar refractivity (Wildman–Crippen MR) is 78.7 cm³/mol. The fourth-order valence-corrected chi connectivity index (χ4v) is 1.76. The Morgan fingerprint density at radius 3 is 2.70 bits per heavy atom. The summed E-state index contributed by atoms with van der Waals surface area (Å²) in [5.41, 5.74) is 4.90. The van der Waals surface area contributed by atoms with Gasteiger partial charge in [0.25, 0.3) is 0 Å². The van der Waals surface area contributed by atoms with Gasteiger partial charge in [-0.25, -0.2) is 5.43 Å². The molecule has 0 unspecified atom stereocenters. The van der Waals surface area contributed by atoms with E-state index in [4.69, 9.17) is 0 Å². The lowest BCUT2D eigenvalue weighted by atomic mass is 10.1. The van der Waals surface area contributed by atoms with E-state index in [-0.39, 0.29) is 18.1 Å². The molecule has 0 spiro atoms. The summed E-state index contributed by atoms with van der Waals surface area (Å²) in [4.78, 5) is 11.7. The van der Waals surface area contributed by atoms with Crippen LogP contribution in [0.2, 0.25) is 0 Å². The van der Waals surface area contributed by atoms with Crippen LogP contribution in [0.15, 0.2) is 53.6 Å². The Morgan fingerprint density at radius 2 is 2.00 bits per heavy atom. The highest BCUT2D eigenvalue weighted by Gasteiger charge is 2.01. The number of benzene rings is 2. The molecule has 2 N–H and O–H groups in total. The number of carbonyl (C=O) groups excluding carboxylic acids is 1. The van der Waals surface area contributed by atoms with E-state index in [1.165, 1.54) is 6.21 Å². The first-order chi connectivity index (χ1) is 9.65. The molecule has 0 aliphatic rings. The van der Waals surface area contributed by atoms with Crippen molar-refractivity contribution in [2.24, 2.45) is 5.10 Å². The zero-order valence-electron chi connectivity index (χ0n) is 11.2. The molecule has 0 aromatic heterocycles. The van der Waals surface area contributed by atoms with Crippen molar-refractivity contribution in [1.29, 1.82) is 0 Å². The van der Waals surface area contributed by atoms with Crippen LogP contribution >= 0.6 is 0 Å². The minimum absolute atomic E-state index is 0.144. The molecule has 1 amide bonds. The average molecular weight is 268 g/mol. The molecule has 2 aromatic carbocycles. The van der Waals surface area contributed by atoms with E-state index in [1.807, 2.05) is 43.3 Å². The monoisotopic (exact) mass is 268 g/mol. The van der Waals surface area contributed by atoms with Crippen molar-refractivity contribution in [2.45, 2.75) is 13.3 Å². The van der Waals surface area contributed by atoms with E-state index < -0.39 is 0 Å². The van der Waals surface area contributed by atoms with Gasteiger partial charge in [0.15, 0.2) is 0 Å². The van der Waals surface area contributed by atoms with Gasteiger partial charge in [0, 0.05) is 5.56 Å². The third-order valence-electron chi connectivity index (χ3n) is 2.79. The first-order valence-corrected chi connectivity index (χ1v) is 6.30. The molecule has 0 radical (unpaired) electrons. The zero-order chi connectivity index (χ0) is 14.4. The number of nitrogens with zero attached hydrogens (tertiary/aromatic N) is 1. The minimum Gasteiger partial charge on any atom is -0.507 e. The fraction of sp³-hybridized carbons (Fsp3) is 0.125. The first-order valence-electron chi connectivity index (χ1n) is 6.30. The second-order valence-corrected chi connectivity index (χ2v) is 4.52. The number of phenolic OH excluding ortho intramolecular Hbond substituents is 1. The molecule has 0 bridgehead atoms. The summed E-state index contributed by atoms with van der Waals surface area (Å²) in [5, 5.41) is 13.5. The van der Waals surface area contributed by atoms with Crippen LogP contribution in [-0.4, -0.2) is 17.2 Å². The molecule has 4 nitrogen and oxygen atoms in total. The number of phenols is 1. The van der Waals surface area contributed by atoms with Gasteiger partial charge < -0.3 is 5.11 Å². The van der Waals surface area contributed by atoms with Crippen molar-refractivity contribution in [2.75, 3.05) is 0 Å². The van der Waals surface area contributed by atoms with E-state index in [0.29, 0.717) is 5.56 Å². The molecular weight excluding hydrogens is 252 g/mol. The minimum atomic E-state index is -0.195. The largest absolute Gasteiger partial charge is 0.507 e. The Hall–Kier alpha value is -2.62. The summed E-state index contributed by atoms with van der Waals surface area (Å²) in [7, 11) is 0. The van der Waals surface area contributed by atoms with Crippen LogP contribution in [0.1, 0.15) is 16.7 Å². The molecule has 0 atom stereocenters. The van der Waals surface area contributed by atoms with Gasteiger partial charge in [-0.05, 0) is 30.2 Å². The van der Waals surface area contributed by atoms with Crippen molar-refractivity contribution in [1.82, 2.24) is 5.43 Å². The standard InChI is InChI=1S/C16H16N2O2/c1-12-7-8-14(15(19)9-12)11-17-18-16(20)10-13-5-3-2-4-6-13/h2-9,11,19H,10H2,1H3,(H,18,20). The average Bonchev–Trinajstić information content (AvgIpc) is 2.42. The molecule has 2 rings (SSSR count). The number of rotatable bonds is 4. The molecule has 0 saturated heterocycles. The second kappa shape index (κ2) is 6.52. The Balaban J connectivity index is 1.91. The molecule has 0 fully saturated rings. The number of carbonyl (C=O) groups is 1. The van der Waals surface area contributed by atoms with Crippen LogP contribution in [0.5, 0.6) is 5.75 Å². The highest BCUT2D eigenvalue weighted by atomic mass is 16.3.